The maximum atomic E-state index is 7.10. The van der Waals surface area contributed by atoms with Gasteiger partial charge in [0, 0.05) is 58.3 Å². The Labute approximate surface area is 563 Å². The van der Waals surface area contributed by atoms with Gasteiger partial charge in [-0.15, -0.1) is 6.58 Å². The second-order valence-corrected chi connectivity index (χ2v) is 33.5. The molecule has 0 bridgehead atoms. The molecule has 1 heterocycles. The second-order valence-electron chi connectivity index (χ2n) is 33.5. The Kier molecular flexibility index (Phi) is 17.7. The van der Waals surface area contributed by atoms with E-state index in [-0.39, 0.29) is 5.41 Å². The number of fused-ring (bicyclic) bond motifs is 8. The Morgan fingerprint density at radius 1 is 0.527 bits per heavy atom. The van der Waals surface area contributed by atoms with Gasteiger partial charge in [-0.1, -0.05) is 200 Å². The quantitative estimate of drug-likeness (QED) is 0.161. The van der Waals surface area contributed by atoms with Crippen molar-refractivity contribution in [3.05, 3.63) is 204 Å². The Morgan fingerprint density at radius 3 is 2.14 bits per heavy atom. The highest BCUT2D eigenvalue weighted by atomic mass is 16.5. The van der Waals surface area contributed by atoms with Gasteiger partial charge in [0.2, 0.25) is 0 Å². The molecule has 492 valence electrons. The van der Waals surface area contributed by atoms with Gasteiger partial charge in [-0.25, -0.2) is 0 Å². The van der Waals surface area contributed by atoms with Crippen molar-refractivity contribution in [3.63, 3.8) is 0 Å². The highest BCUT2D eigenvalue weighted by molar-refractivity contribution is 5.44. The summed E-state index contributed by atoms with van der Waals surface area (Å²) >= 11 is 0. The molecule has 22 unspecified atom stereocenters. The molecule has 0 aromatic rings. The van der Waals surface area contributed by atoms with E-state index in [1.807, 2.05) is 16.7 Å². The van der Waals surface area contributed by atoms with Crippen LogP contribution < -0.4 is 0 Å². The number of likely N-dealkylation sites (tertiary alicyclic amines) is 1. The molecule has 3 saturated carbocycles. The minimum absolute atomic E-state index is 0.169. The van der Waals surface area contributed by atoms with Crippen LogP contribution in [0.15, 0.2) is 204 Å². The Morgan fingerprint density at radius 2 is 1.37 bits per heavy atom. The van der Waals surface area contributed by atoms with Crippen molar-refractivity contribution in [2.75, 3.05) is 0 Å². The summed E-state index contributed by atoms with van der Waals surface area (Å²) < 4.78 is 7.10. The van der Waals surface area contributed by atoms with Gasteiger partial charge in [-0.3, -0.25) is 4.90 Å². The lowest BCUT2D eigenvalue weighted by molar-refractivity contribution is -0.0314. The van der Waals surface area contributed by atoms with E-state index in [4.69, 9.17) is 4.74 Å². The predicted molar refractivity (Wildman–Crippen MR) is 387 cm³/mol. The first-order valence-electron chi connectivity index (χ1n) is 39.8. The lowest BCUT2D eigenvalue weighted by Gasteiger charge is -2.56. The molecule has 1 saturated heterocycles. The van der Waals surface area contributed by atoms with Crippen molar-refractivity contribution < 1.29 is 4.74 Å². The van der Waals surface area contributed by atoms with E-state index in [9.17, 15) is 0 Å². The van der Waals surface area contributed by atoms with Gasteiger partial charge in [0.1, 0.15) is 0 Å². The third kappa shape index (κ3) is 10.9. The van der Waals surface area contributed by atoms with Crippen LogP contribution in [0.4, 0.5) is 0 Å². The minimum Gasteiger partial charge on any atom is -0.374 e. The van der Waals surface area contributed by atoms with Gasteiger partial charge in [0.15, 0.2) is 0 Å². The molecule has 0 aromatic carbocycles. The van der Waals surface area contributed by atoms with Crippen molar-refractivity contribution in [3.8, 4) is 0 Å². The predicted octanol–water partition coefficient (Wildman–Crippen LogP) is 22.2. The van der Waals surface area contributed by atoms with E-state index >= 15 is 0 Å². The maximum absolute atomic E-state index is 7.10. The zero-order chi connectivity index (χ0) is 62.0. The number of rotatable bonds is 14. The highest BCUT2D eigenvalue weighted by Gasteiger charge is 2.65. The Hall–Kier alpha value is -4.70. The molecule has 3 heteroatoms. The van der Waals surface area contributed by atoms with Crippen LogP contribution in [0.5, 0.6) is 0 Å². The van der Waals surface area contributed by atoms with Gasteiger partial charge in [-0.05, 0) is 263 Å². The van der Waals surface area contributed by atoms with E-state index < -0.39 is 0 Å². The molecule has 0 spiro atoms. The van der Waals surface area contributed by atoms with Crippen molar-refractivity contribution in [1.29, 1.82) is 0 Å². The summed E-state index contributed by atoms with van der Waals surface area (Å²) in [6, 6.07) is 2.42. The maximum Gasteiger partial charge on any atom is 0.0616 e. The average molecular weight is 1240 g/mol. The molecule has 4 fully saturated rings. The lowest BCUT2D eigenvalue weighted by atomic mass is 9.50. The molecule has 0 N–H and O–H groups in total. The molecular weight excluding hydrogens is 1130 g/mol. The van der Waals surface area contributed by atoms with E-state index in [2.05, 4.69) is 175 Å². The molecule has 93 heavy (non-hydrogen) atoms. The van der Waals surface area contributed by atoms with Gasteiger partial charge < -0.3 is 9.64 Å². The van der Waals surface area contributed by atoms with Crippen molar-refractivity contribution in [1.82, 2.24) is 9.80 Å². The van der Waals surface area contributed by atoms with Gasteiger partial charge in [-0.2, -0.15) is 0 Å². The molecule has 0 radical (unpaired) electrons. The summed E-state index contributed by atoms with van der Waals surface area (Å²) in [5.41, 5.74) is 12.6. The minimum atomic E-state index is 0.169. The fourth-order valence-corrected chi connectivity index (χ4v) is 25.8. The molecule has 0 amide bonds. The summed E-state index contributed by atoms with van der Waals surface area (Å²) in [7, 11) is 0. The molecule has 16 aliphatic carbocycles. The van der Waals surface area contributed by atoms with Crippen molar-refractivity contribution >= 4 is 0 Å². The van der Waals surface area contributed by atoms with Gasteiger partial charge in [0.25, 0.3) is 0 Å². The van der Waals surface area contributed by atoms with E-state index in [0.29, 0.717) is 107 Å². The number of nitrogens with zero attached hydrogens (tertiary/aromatic N) is 2. The van der Waals surface area contributed by atoms with Crippen LogP contribution >= 0.6 is 0 Å². The third-order valence-electron chi connectivity index (χ3n) is 29.6. The topological polar surface area (TPSA) is 15.7 Å². The monoisotopic (exact) mass is 1240 g/mol. The molecule has 3 nitrogen and oxygen atoms in total. The second kappa shape index (κ2) is 26.6. The summed E-state index contributed by atoms with van der Waals surface area (Å²) in [6.07, 6.45) is 109. The first-order chi connectivity index (χ1) is 46.0. The molecule has 0 aromatic heterocycles. The standard InChI is InChI=1S/C90H116N2O/c1-3-61-32-36-63(37-33-61)64-38-47-72(48-39-64)92-87-31-19-16-28-81(87)82-58-66(42-57-88(82)92)65-40-45-71(46-41-65)91(73-49-55-79-77-26-14-17-29-83(77)89(85(79)59-73,67-20-8-5-9-21-67)68-22-10-6-11-23-68)74-50-56-80-78-27-15-18-30-84(78)90(86(80)60-74,69-24-12-7-13-25-69)70-43-53-76(54-44-70)93-75-51-34-62(4-2)35-52-75/h3-5,8-9,12,18,20,24,30-32,34,36,38-40,42-43,45,47,50,56-58,61,63,65,67-69,71-76,78-82,84-86,88H,1-2,6-7,10-11,13-17,19,21-23,25-29,33,35,37,41,44,46,48-49,51-55,59-60H2. The van der Waals surface area contributed by atoms with Crippen LogP contribution in [0.3, 0.4) is 0 Å². The molecule has 1 aliphatic heterocycles. The lowest BCUT2D eigenvalue weighted by Crippen LogP contribution is -2.56. The molecule has 17 aliphatic rings. The van der Waals surface area contributed by atoms with Crippen LogP contribution in [0, 0.1) is 93.7 Å². The normalized spacial score (nSPS) is 44.1. The Balaban J connectivity index is 0.702. The molecular formula is C90H116N2O. The fraction of sp³-hybridized carbons (Fsp3) is 0.622. The van der Waals surface area contributed by atoms with E-state index in [1.54, 1.807) is 11.3 Å². The average Bonchev–Trinajstić information content (AvgIpc) is 1.57. The zero-order valence-electron chi connectivity index (χ0n) is 57.1. The zero-order valence-corrected chi connectivity index (χ0v) is 57.1. The summed E-state index contributed by atoms with van der Waals surface area (Å²) in [5.74, 6) is 9.12. The molecule has 17 rings (SSSR count). The van der Waals surface area contributed by atoms with E-state index in [1.165, 1.54) is 191 Å². The van der Waals surface area contributed by atoms with Crippen LogP contribution in [0.1, 0.15) is 212 Å². The van der Waals surface area contributed by atoms with Crippen LogP contribution in [-0.2, 0) is 4.74 Å². The smallest absolute Gasteiger partial charge is 0.0616 e. The molecule has 22 atom stereocenters. The largest absolute Gasteiger partial charge is 0.374 e. The number of allylic oxidation sites excluding steroid dienone is 24. The van der Waals surface area contributed by atoms with E-state index in [0.717, 1.165) is 55.8 Å². The van der Waals surface area contributed by atoms with Crippen molar-refractivity contribution in [2.45, 2.75) is 254 Å². The summed E-state index contributed by atoms with van der Waals surface area (Å²) in [4.78, 5) is 6.27. The van der Waals surface area contributed by atoms with Gasteiger partial charge >= 0.3 is 0 Å². The van der Waals surface area contributed by atoms with Crippen LogP contribution in [0.25, 0.3) is 0 Å². The summed E-state index contributed by atoms with van der Waals surface area (Å²) in [5, 5.41) is 0. The van der Waals surface area contributed by atoms with Gasteiger partial charge in [0.05, 0.1) is 24.3 Å². The summed E-state index contributed by atoms with van der Waals surface area (Å²) in [6.45, 7) is 8.20. The number of hydrogen-bond acceptors (Lipinski definition) is 3. The highest BCUT2D eigenvalue weighted by Crippen LogP contribution is 2.72. The van der Waals surface area contributed by atoms with Crippen molar-refractivity contribution in [2.24, 2.45) is 93.7 Å². The van der Waals surface area contributed by atoms with Crippen LogP contribution in [-0.4, -0.2) is 52.2 Å². The Bertz CT molecular complexity index is 3310. The third-order valence-corrected chi connectivity index (χ3v) is 29.6. The fourth-order valence-electron chi connectivity index (χ4n) is 25.8. The van der Waals surface area contributed by atoms with Crippen LogP contribution in [0.2, 0.25) is 0 Å². The number of hydrogen-bond donors (Lipinski definition) is 0. The first-order valence-corrected chi connectivity index (χ1v) is 39.8. The number of ether oxygens (including phenoxy) is 1. The SMILES string of the molecule is C=CC1=CCC(OC2CC=C(C3(C4C=CCCC4)C4C=CCCC4C4C=CC(N(C5C=CC(C6=CC7C8CCCC=C8N(C8C=CC(C9C=CC(C=C)CC9)=CC8)C7C=C6)CC5)C5CCC6C7=C(CCCC7)C(C7C=CC=CC7)(C7CCCCC7)C6C5)CC43)CC2)CC1. The first kappa shape index (κ1) is 61.9.